The average Bonchev–Trinajstić information content (AvgIpc) is 3.16. The summed E-state index contributed by atoms with van der Waals surface area (Å²) in [5.41, 5.74) is 2.87. The minimum atomic E-state index is -3.53. The lowest BCUT2D eigenvalue weighted by Gasteiger charge is -2.13. The SMILES string of the molecule is Cc1cccc(NC(=O)COc2ccc(S(=O)(=O)NC3CCCC3)cc2)c1C. The summed E-state index contributed by atoms with van der Waals surface area (Å²) in [6.45, 7) is 3.78. The van der Waals surface area contributed by atoms with E-state index in [-0.39, 0.29) is 23.5 Å². The zero-order valence-corrected chi connectivity index (χ0v) is 17.0. The molecule has 150 valence electrons. The van der Waals surface area contributed by atoms with E-state index in [9.17, 15) is 13.2 Å². The highest BCUT2D eigenvalue weighted by Gasteiger charge is 2.22. The third-order valence-electron chi connectivity index (χ3n) is 5.06. The second-order valence-electron chi connectivity index (χ2n) is 7.16. The standard InChI is InChI=1S/C21H26N2O4S/c1-15-6-5-9-20(16(15)2)22-21(24)14-27-18-10-12-19(13-11-18)28(25,26)23-17-7-3-4-8-17/h5-6,9-13,17,23H,3-4,7-8,14H2,1-2H3,(H,22,24). The number of amides is 1. The van der Waals surface area contributed by atoms with E-state index in [4.69, 9.17) is 4.74 Å². The van der Waals surface area contributed by atoms with Crippen LogP contribution in [0.2, 0.25) is 0 Å². The van der Waals surface area contributed by atoms with Crippen LogP contribution in [0.15, 0.2) is 47.4 Å². The molecule has 2 N–H and O–H groups in total. The zero-order valence-electron chi connectivity index (χ0n) is 16.2. The van der Waals surface area contributed by atoms with E-state index in [1.165, 1.54) is 12.1 Å². The largest absolute Gasteiger partial charge is 0.484 e. The number of anilines is 1. The number of carbonyl (C=O) groups is 1. The molecule has 0 atom stereocenters. The molecule has 0 bridgehead atoms. The van der Waals surface area contributed by atoms with Gasteiger partial charge in [-0.25, -0.2) is 13.1 Å². The summed E-state index contributed by atoms with van der Waals surface area (Å²) < 4.78 is 33.1. The van der Waals surface area contributed by atoms with Crippen molar-refractivity contribution >= 4 is 21.6 Å². The molecular formula is C21H26N2O4S. The summed E-state index contributed by atoms with van der Waals surface area (Å²) in [6.07, 6.45) is 3.89. The number of rotatable bonds is 7. The van der Waals surface area contributed by atoms with Gasteiger partial charge in [-0.2, -0.15) is 0 Å². The maximum Gasteiger partial charge on any atom is 0.262 e. The van der Waals surface area contributed by atoms with Crippen LogP contribution >= 0.6 is 0 Å². The monoisotopic (exact) mass is 402 g/mol. The minimum Gasteiger partial charge on any atom is -0.484 e. The van der Waals surface area contributed by atoms with E-state index in [0.717, 1.165) is 42.5 Å². The van der Waals surface area contributed by atoms with E-state index in [1.807, 2.05) is 32.0 Å². The van der Waals surface area contributed by atoms with Gasteiger partial charge in [0.1, 0.15) is 5.75 Å². The molecule has 0 aromatic heterocycles. The predicted molar refractivity (Wildman–Crippen MR) is 109 cm³/mol. The minimum absolute atomic E-state index is 0.0229. The molecule has 0 heterocycles. The summed E-state index contributed by atoms with van der Waals surface area (Å²) in [4.78, 5) is 12.3. The van der Waals surface area contributed by atoms with Gasteiger partial charge in [-0.15, -0.1) is 0 Å². The molecule has 2 aromatic carbocycles. The first-order valence-corrected chi connectivity index (χ1v) is 10.9. The quantitative estimate of drug-likeness (QED) is 0.742. The second-order valence-corrected chi connectivity index (χ2v) is 8.87. The van der Waals surface area contributed by atoms with Crippen LogP contribution in [0.4, 0.5) is 5.69 Å². The fraction of sp³-hybridized carbons (Fsp3) is 0.381. The van der Waals surface area contributed by atoms with Gasteiger partial charge < -0.3 is 10.1 Å². The molecule has 0 radical (unpaired) electrons. The fourth-order valence-electron chi connectivity index (χ4n) is 3.27. The molecule has 1 fully saturated rings. The van der Waals surface area contributed by atoms with Crippen LogP contribution in [0.1, 0.15) is 36.8 Å². The van der Waals surface area contributed by atoms with Crippen molar-refractivity contribution in [1.29, 1.82) is 0 Å². The molecule has 1 aliphatic rings. The van der Waals surface area contributed by atoms with Gasteiger partial charge in [0.05, 0.1) is 4.90 Å². The molecule has 0 unspecified atom stereocenters. The van der Waals surface area contributed by atoms with Crippen molar-refractivity contribution in [3.63, 3.8) is 0 Å². The normalized spacial score (nSPS) is 14.8. The Kier molecular flexibility index (Phi) is 6.36. The Hall–Kier alpha value is -2.38. The number of sulfonamides is 1. The van der Waals surface area contributed by atoms with Crippen LogP contribution in [0.25, 0.3) is 0 Å². The van der Waals surface area contributed by atoms with Crippen LogP contribution in [-0.2, 0) is 14.8 Å². The first kappa shape index (κ1) is 20.4. The second kappa shape index (κ2) is 8.75. The number of ether oxygens (including phenoxy) is 1. The van der Waals surface area contributed by atoms with Crippen LogP contribution in [-0.4, -0.2) is 27.0 Å². The lowest BCUT2D eigenvalue weighted by molar-refractivity contribution is -0.118. The molecule has 2 aromatic rings. The Balaban J connectivity index is 1.55. The van der Waals surface area contributed by atoms with E-state index >= 15 is 0 Å². The summed E-state index contributed by atoms with van der Waals surface area (Å²) in [7, 11) is -3.53. The van der Waals surface area contributed by atoms with Crippen LogP contribution in [0.3, 0.4) is 0 Å². The molecule has 0 spiro atoms. The third-order valence-corrected chi connectivity index (χ3v) is 6.60. The number of hydrogen-bond donors (Lipinski definition) is 2. The summed E-state index contributed by atoms with van der Waals surface area (Å²) in [6, 6.07) is 11.9. The van der Waals surface area contributed by atoms with Gasteiger partial charge in [0.2, 0.25) is 10.0 Å². The first-order valence-electron chi connectivity index (χ1n) is 9.46. The Morgan fingerprint density at radius 3 is 2.43 bits per heavy atom. The maximum atomic E-state index is 12.4. The summed E-state index contributed by atoms with van der Waals surface area (Å²) >= 11 is 0. The number of carbonyl (C=O) groups excluding carboxylic acids is 1. The van der Waals surface area contributed by atoms with Crippen LogP contribution < -0.4 is 14.8 Å². The molecule has 7 heteroatoms. The highest BCUT2D eigenvalue weighted by atomic mass is 32.2. The summed E-state index contributed by atoms with van der Waals surface area (Å²) in [5, 5.41) is 2.83. The van der Waals surface area contributed by atoms with Crippen molar-refractivity contribution in [1.82, 2.24) is 4.72 Å². The van der Waals surface area contributed by atoms with Crippen molar-refractivity contribution in [2.75, 3.05) is 11.9 Å². The molecule has 3 rings (SSSR count). The molecule has 1 aliphatic carbocycles. The van der Waals surface area contributed by atoms with Gasteiger partial charge in [0.15, 0.2) is 6.61 Å². The van der Waals surface area contributed by atoms with E-state index in [0.29, 0.717) is 5.75 Å². The van der Waals surface area contributed by atoms with Crippen LogP contribution in [0, 0.1) is 13.8 Å². The zero-order chi connectivity index (χ0) is 20.1. The van der Waals surface area contributed by atoms with Gasteiger partial charge in [-0.1, -0.05) is 25.0 Å². The maximum absolute atomic E-state index is 12.4. The van der Waals surface area contributed by atoms with Crippen molar-refractivity contribution in [2.24, 2.45) is 0 Å². The Bertz CT molecular complexity index is 933. The molecular weight excluding hydrogens is 376 g/mol. The number of aryl methyl sites for hydroxylation is 1. The number of nitrogens with one attached hydrogen (secondary N) is 2. The van der Waals surface area contributed by atoms with Gasteiger partial charge in [-0.3, -0.25) is 4.79 Å². The number of hydrogen-bond acceptors (Lipinski definition) is 4. The smallest absolute Gasteiger partial charge is 0.262 e. The highest BCUT2D eigenvalue weighted by molar-refractivity contribution is 7.89. The Morgan fingerprint density at radius 1 is 1.07 bits per heavy atom. The Labute approximate surface area is 166 Å². The van der Waals surface area contributed by atoms with Gasteiger partial charge in [0.25, 0.3) is 5.91 Å². The molecule has 0 saturated heterocycles. The molecule has 6 nitrogen and oxygen atoms in total. The lowest BCUT2D eigenvalue weighted by atomic mass is 10.1. The van der Waals surface area contributed by atoms with Crippen molar-refractivity contribution < 1.29 is 17.9 Å². The predicted octanol–water partition coefficient (Wildman–Crippen LogP) is 3.54. The van der Waals surface area contributed by atoms with Crippen molar-refractivity contribution in [2.45, 2.75) is 50.5 Å². The van der Waals surface area contributed by atoms with E-state index in [1.54, 1.807) is 12.1 Å². The lowest BCUT2D eigenvalue weighted by Crippen LogP contribution is -2.32. The highest BCUT2D eigenvalue weighted by Crippen LogP contribution is 2.22. The molecule has 1 amide bonds. The molecule has 28 heavy (non-hydrogen) atoms. The van der Waals surface area contributed by atoms with E-state index < -0.39 is 10.0 Å². The fourth-order valence-corrected chi connectivity index (χ4v) is 4.57. The molecule has 0 aliphatic heterocycles. The van der Waals surface area contributed by atoms with Crippen LogP contribution in [0.5, 0.6) is 5.75 Å². The van der Waals surface area contributed by atoms with Crippen molar-refractivity contribution in [3.8, 4) is 5.75 Å². The van der Waals surface area contributed by atoms with E-state index in [2.05, 4.69) is 10.0 Å². The van der Waals surface area contributed by atoms with Crippen molar-refractivity contribution in [3.05, 3.63) is 53.6 Å². The topological polar surface area (TPSA) is 84.5 Å². The summed E-state index contributed by atoms with van der Waals surface area (Å²) in [5.74, 6) is 0.171. The molecule has 1 saturated carbocycles. The average molecular weight is 403 g/mol. The number of benzene rings is 2. The Morgan fingerprint density at radius 2 is 1.75 bits per heavy atom. The van der Waals surface area contributed by atoms with Gasteiger partial charge >= 0.3 is 0 Å². The third kappa shape index (κ3) is 5.11. The first-order chi connectivity index (χ1) is 13.3. The van der Waals surface area contributed by atoms with Gasteiger partial charge in [-0.05, 0) is 68.1 Å². The van der Waals surface area contributed by atoms with Gasteiger partial charge in [0, 0.05) is 11.7 Å².